The molecule has 1 aliphatic rings. The fourth-order valence-corrected chi connectivity index (χ4v) is 4.17. The molecule has 29 heavy (non-hydrogen) atoms. The second-order valence-corrected chi connectivity index (χ2v) is 8.08. The van der Waals surface area contributed by atoms with Crippen LogP contribution in [0.4, 0.5) is 39.5 Å². The molecule has 0 heterocycles. The molecule has 0 spiro atoms. The first-order valence-corrected chi connectivity index (χ1v) is 8.96. The Morgan fingerprint density at radius 1 is 0.828 bits per heavy atom. The largest absolute Gasteiger partial charge is 0.511 e. The van der Waals surface area contributed by atoms with Crippen molar-refractivity contribution in [3.05, 3.63) is 11.3 Å². The number of allylic oxidation sites excluding steroid dienone is 2. The summed E-state index contributed by atoms with van der Waals surface area (Å²) in [5, 5.41) is 10.3. The summed E-state index contributed by atoms with van der Waals surface area (Å²) in [6.07, 6.45) is -20.0. The molecule has 0 aromatic heterocycles. The quantitative estimate of drug-likeness (QED) is 0.268. The van der Waals surface area contributed by atoms with Crippen molar-refractivity contribution in [2.45, 2.75) is 83.7 Å². The molecule has 1 fully saturated rings. The van der Waals surface area contributed by atoms with Gasteiger partial charge in [-0.15, -0.1) is 0 Å². The molecule has 1 rings (SSSR count). The average Bonchev–Trinajstić information content (AvgIpc) is 2.48. The molecule has 0 amide bonds. The van der Waals surface area contributed by atoms with Gasteiger partial charge in [-0.05, 0) is 19.8 Å². The maximum Gasteiger partial charge on any atom is 0.390 e. The molecule has 0 unspecified atom stereocenters. The van der Waals surface area contributed by atoms with Crippen LogP contribution in [0.25, 0.3) is 0 Å². The smallest absolute Gasteiger partial charge is 0.390 e. The first-order chi connectivity index (χ1) is 12.8. The predicted molar refractivity (Wildman–Crippen MR) is 86.0 cm³/mol. The van der Waals surface area contributed by atoms with E-state index >= 15 is 0 Å². The van der Waals surface area contributed by atoms with Crippen molar-refractivity contribution in [2.24, 2.45) is 10.8 Å². The van der Waals surface area contributed by atoms with Gasteiger partial charge in [-0.3, -0.25) is 4.79 Å². The highest BCUT2D eigenvalue weighted by molar-refractivity contribution is 6.00. The van der Waals surface area contributed by atoms with Gasteiger partial charge < -0.3 is 5.11 Å². The summed E-state index contributed by atoms with van der Waals surface area (Å²) in [5.74, 6) is -2.72. The molecular formula is C18H23F9O2. The third-order valence-corrected chi connectivity index (χ3v) is 5.28. The van der Waals surface area contributed by atoms with E-state index in [0.29, 0.717) is 13.3 Å². The van der Waals surface area contributed by atoms with Gasteiger partial charge >= 0.3 is 18.5 Å². The number of aliphatic hydroxyl groups is 1. The van der Waals surface area contributed by atoms with Crippen LogP contribution in [0.15, 0.2) is 11.3 Å². The molecule has 0 saturated heterocycles. The number of carbonyl (C=O) groups is 1. The molecule has 1 aliphatic carbocycles. The molecular weight excluding hydrogens is 419 g/mol. The van der Waals surface area contributed by atoms with Crippen molar-refractivity contribution in [3.63, 3.8) is 0 Å². The Bertz CT molecular complexity index is 605. The second-order valence-electron chi connectivity index (χ2n) is 8.08. The van der Waals surface area contributed by atoms with Crippen molar-refractivity contribution < 1.29 is 49.4 Å². The number of carbonyl (C=O) groups excluding carboxylic acids is 1. The molecule has 0 aromatic rings. The summed E-state index contributed by atoms with van der Waals surface area (Å²) in [4.78, 5) is 12.8. The fraction of sp³-hybridized carbons (Fsp3) is 0.833. The zero-order valence-corrected chi connectivity index (χ0v) is 15.9. The maximum atomic E-state index is 13.1. The number of aliphatic hydroxyl groups excluding tert-OH is 1. The molecule has 0 aliphatic heterocycles. The second kappa shape index (κ2) is 8.37. The highest BCUT2D eigenvalue weighted by Crippen LogP contribution is 2.50. The van der Waals surface area contributed by atoms with E-state index in [1.54, 1.807) is 0 Å². The van der Waals surface area contributed by atoms with Gasteiger partial charge in [0.25, 0.3) is 0 Å². The SMILES string of the molecule is C/C(C(=O)C1(CC(F)(F)F)CCCCC1)=C(/O)C(C)(CC(F)(F)F)CC(F)(F)F. The summed E-state index contributed by atoms with van der Waals surface area (Å²) >= 11 is 0. The molecule has 2 nitrogen and oxygen atoms in total. The molecule has 170 valence electrons. The molecule has 0 radical (unpaired) electrons. The lowest BCUT2D eigenvalue weighted by atomic mass is 9.66. The highest BCUT2D eigenvalue weighted by atomic mass is 19.4. The average molecular weight is 442 g/mol. The first kappa shape index (κ1) is 25.6. The van der Waals surface area contributed by atoms with E-state index in [9.17, 15) is 49.4 Å². The summed E-state index contributed by atoms with van der Waals surface area (Å²) in [5.41, 5.74) is -5.80. The van der Waals surface area contributed by atoms with E-state index in [1.165, 1.54) is 0 Å². The minimum Gasteiger partial charge on any atom is -0.511 e. The van der Waals surface area contributed by atoms with Gasteiger partial charge in [0.15, 0.2) is 5.78 Å². The van der Waals surface area contributed by atoms with Crippen LogP contribution in [0.1, 0.15) is 65.2 Å². The standard InChI is InChI=1S/C18H23F9O2/c1-11(12(28)14(2,8-16(19,20)21)9-17(22,23)24)13(29)15(10-18(25,26)27)6-4-3-5-7-15/h28H,3-10H2,1-2H3/b12-11-. The number of halogens is 9. The molecule has 0 aromatic carbocycles. The Morgan fingerprint density at radius 3 is 1.59 bits per heavy atom. The van der Waals surface area contributed by atoms with E-state index in [0.717, 1.165) is 6.92 Å². The van der Waals surface area contributed by atoms with E-state index in [2.05, 4.69) is 0 Å². The summed E-state index contributed by atoms with van der Waals surface area (Å²) in [6, 6.07) is 0. The van der Waals surface area contributed by atoms with Gasteiger partial charge in [-0.2, -0.15) is 39.5 Å². The topological polar surface area (TPSA) is 37.3 Å². The van der Waals surface area contributed by atoms with E-state index < -0.39 is 65.7 Å². The van der Waals surface area contributed by atoms with Crippen molar-refractivity contribution in [2.75, 3.05) is 0 Å². The van der Waals surface area contributed by atoms with Gasteiger partial charge in [0.05, 0.1) is 19.3 Å². The number of rotatable bonds is 6. The lowest BCUT2D eigenvalue weighted by Gasteiger charge is -2.38. The fourth-order valence-electron chi connectivity index (χ4n) is 4.17. The van der Waals surface area contributed by atoms with Crippen LogP contribution >= 0.6 is 0 Å². The number of ketones is 1. The third kappa shape index (κ3) is 7.40. The first-order valence-electron chi connectivity index (χ1n) is 8.96. The van der Waals surface area contributed by atoms with Gasteiger partial charge in [-0.25, -0.2) is 0 Å². The molecule has 0 atom stereocenters. The zero-order valence-electron chi connectivity index (χ0n) is 15.9. The van der Waals surface area contributed by atoms with E-state index in [1.807, 2.05) is 0 Å². The van der Waals surface area contributed by atoms with Crippen LogP contribution < -0.4 is 0 Å². The van der Waals surface area contributed by atoms with Crippen molar-refractivity contribution in [3.8, 4) is 0 Å². The van der Waals surface area contributed by atoms with Crippen LogP contribution in [-0.4, -0.2) is 29.4 Å². The van der Waals surface area contributed by atoms with Crippen LogP contribution in [0, 0.1) is 10.8 Å². The van der Waals surface area contributed by atoms with Crippen molar-refractivity contribution in [1.82, 2.24) is 0 Å². The Morgan fingerprint density at radius 2 is 1.24 bits per heavy atom. The highest BCUT2D eigenvalue weighted by Gasteiger charge is 2.52. The van der Waals surface area contributed by atoms with Crippen LogP contribution in [0.2, 0.25) is 0 Å². The molecule has 1 saturated carbocycles. The van der Waals surface area contributed by atoms with Crippen molar-refractivity contribution >= 4 is 5.78 Å². The minimum atomic E-state index is -5.11. The summed E-state index contributed by atoms with van der Waals surface area (Å²) in [7, 11) is 0. The van der Waals surface area contributed by atoms with Gasteiger partial charge in [0.1, 0.15) is 5.76 Å². The molecule has 11 heteroatoms. The molecule has 0 bridgehead atoms. The Kier molecular flexibility index (Phi) is 7.39. The van der Waals surface area contributed by atoms with Crippen LogP contribution in [-0.2, 0) is 4.79 Å². The van der Waals surface area contributed by atoms with Gasteiger partial charge in [0, 0.05) is 16.4 Å². The third-order valence-electron chi connectivity index (χ3n) is 5.28. The van der Waals surface area contributed by atoms with Crippen LogP contribution in [0.3, 0.4) is 0 Å². The number of hydrogen-bond donors (Lipinski definition) is 1. The number of Topliss-reactive ketones (excluding diaryl/α,β-unsaturated/α-hetero) is 1. The summed E-state index contributed by atoms with van der Waals surface area (Å²) < 4.78 is 116. The van der Waals surface area contributed by atoms with Crippen molar-refractivity contribution in [1.29, 1.82) is 0 Å². The van der Waals surface area contributed by atoms with Gasteiger partial charge in [-0.1, -0.05) is 26.2 Å². The number of hydrogen-bond acceptors (Lipinski definition) is 2. The van der Waals surface area contributed by atoms with E-state index in [4.69, 9.17) is 0 Å². The maximum absolute atomic E-state index is 13.1. The van der Waals surface area contributed by atoms with E-state index in [-0.39, 0.29) is 25.7 Å². The lowest BCUT2D eigenvalue weighted by molar-refractivity contribution is -0.190. The lowest BCUT2D eigenvalue weighted by Crippen LogP contribution is -2.40. The predicted octanol–water partition coefficient (Wildman–Crippen LogP) is 7.20. The summed E-state index contributed by atoms with van der Waals surface area (Å²) in [6.45, 7) is 1.28. The monoisotopic (exact) mass is 442 g/mol. The number of alkyl halides is 9. The Balaban J connectivity index is 3.43. The minimum absolute atomic E-state index is 0.203. The normalized spacial score (nSPS) is 19.7. The molecule has 1 N–H and O–H groups in total. The zero-order chi connectivity index (χ0) is 22.9. The van der Waals surface area contributed by atoms with Gasteiger partial charge in [0.2, 0.25) is 0 Å². The Hall–Kier alpha value is -1.42. The Labute approximate surface area is 162 Å². The van der Waals surface area contributed by atoms with Crippen LogP contribution in [0.5, 0.6) is 0 Å².